The van der Waals surface area contributed by atoms with Crippen molar-refractivity contribution in [3.8, 4) is 0 Å². The molecule has 26 heavy (non-hydrogen) atoms. The van der Waals surface area contributed by atoms with Crippen molar-refractivity contribution in [2.24, 2.45) is 0 Å². The van der Waals surface area contributed by atoms with Crippen LogP contribution in [-0.2, 0) is 9.59 Å². The highest BCUT2D eigenvalue weighted by Crippen LogP contribution is 2.33. The first-order chi connectivity index (χ1) is 12.6. The molecule has 0 aliphatic carbocycles. The molecule has 2 aromatic carbocycles. The number of fused-ring (bicyclic) bond motifs is 1. The van der Waals surface area contributed by atoms with E-state index in [9.17, 15) is 14.4 Å². The van der Waals surface area contributed by atoms with Crippen molar-refractivity contribution in [3.63, 3.8) is 0 Å². The van der Waals surface area contributed by atoms with Gasteiger partial charge in [0.2, 0.25) is 11.8 Å². The molecule has 132 valence electrons. The zero-order valence-corrected chi connectivity index (χ0v) is 14.1. The Morgan fingerprint density at radius 1 is 1.15 bits per heavy atom. The van der Waals surface area contributed by atoms with Gasteiger partial charge in [-0.2, -0.15) is 0 Å². The monoisotopic (exact) mass is 349 g/mol. The average molecular weight is 349 g/mol. The van der Waals surface area contributed by atoms with E-state index in [1.807, 2.05) is 12.1 Å². The minimum atomic E-state index is -0.607. The molecule has 0 spiro atoms. The summed E-state index contributed by atoms with van der Waals surface area (Å²) >= 11 is 0. The molecule has 3 amide bonds. The Labute approximate surface area is 151 Å². The molecule has 0 bridgehead atoms. The fourth-order valence-corrected chi connectivity index (χ4v) is 2.92. The fourth-order valence-electron chi connectivity index (χ4n) is 2.92. The Hall–Kier alpha value is -3.41. The molecule has 3 rings (SSSR count). The lowest BCUT2D eigenvalue weighted by molar-refractivity contribution is -0.123. The van der Waals surface area contributed by atoms with Crippen LogP contribution < -0.4 is 16.0 Å². The van der Waals surface area contributed by atoms with Crippen LogP contribution in [0.5, 0.6) is 0 Å². The summed E-state index contributed by atoms with van der Waals surface area (Å²) in [6, 6.07) is 14.0. The van der Waals surface area contributed by atoms with E-state index < -0.39 is 5.92 Å². The van der Waals surface area contributed by atoms with E-state index in [0.29, 0.717) is 23.5 Å². The molecule has 6 heteroatoms. The summed E-state index contributed by atoms with van der Waals surface area (Å²) in [5.74, 6) is -1.44. The van der Waals surface area contributed by atoms with Crippen molar-refractivity contribution < 1.29 is 14.4 Å². The van der Waals surface area contributed by atoms with E-state index in [1.165, 1.54) is 0 Å². The van der Waals surface area contributed by atoms with Crippen LogP contribution in [0.25, 0.3) is 0 Å². The average Bonchev–Trinajstić information content (AvgIpc) is 2.65. The second kappa shape index (κ2) is 7.65. The van der Waals surface area contributed by atoms with Gasteiger partial charge in [0, 0.05) is 18.7 Å². The summed E-state index contributed by atoms with van der Waals surface area (Å²) in [4.78, 5) is 37.0. The highest BCUT2D eigenvalue weighted by Gasteiger charge is 2.30. The Morgan fingerprint density at radius 3 is 2.69 bits per heavy atom. The van der Waals surface area contributed by atoms with Gasteiger partial charge in [-0.15, -0.1) is 6.58 Å². The fraction of sp³-hybridized carbons (Fsp3) is 0.150. The first-order valence-electron chi connectivity index (χ1n) is 8.28. The van der Waals surface area contributed by atoms with Gasteiger partial charge in [0.05, 0.1) is 17.2 Å². The molecule has 6 nitrogen and oxygen atoms in total. The van der Waals surface area contributed by atoms with Gasteiger partial charge in [-0.05, 0) is 23.8 Å². The van der Waals surface area contributed by atoms with Gasteiger partial charge >= 0.3 is 0 Å². The number of rotatable bonds is 5. The highest BCUT2D eigenvalue weighted by molar-refractivity contribution is 6.08. The molecular formula is C20H19N3O3. The SMILES string of the molecule is C=CCNC(=O)c1ccccc1NC(=O)C1CC(=O)Nc2ccccc21. The molecule has 1 atom stereocenters. The summed E-state index contributed by atoms with van der Waals surface area (Å²) in [7, 11) is 0. The van der Waals surface area contributed by atoms with Crippen molar-refractivity contribution in [3.05, 3.63) is 72.3 Å². The van der Waals surface area contributed by atoms with E-state index >= 15 is 0 Å². The lowest BCUT2D eigenvalue weighted by Gasteiger charge is -2.25. The molecule has 1 unspecified atom stereocenters. The van der Waals surface area contributed by atoms with Crippen LogP contribution in [0.1, 0.15) is 28.3 Å². The predicted molar refractivity (Wildman–Crippen MR) is 100 cm³/mol. The standard InChI is InChI=1S/C20H19N3O3/c1-2-11-21-19(25)14-8-4-6-10-17(14)23-20(26)15-12-18(24)22-16-9-5-3-7-13(15)16/h2-10,15H,1,11-12H2,(H,21,25)(H,22,24)(H,23,26). The number of para-hydroxylation sites is 2. The molecule has 1 aliphatic rings. The Balaban J connectivity index is 1.84. The van der Waals surface area contributed by atoms with E-state index in [1.54, 1.807) is 42.5 Å². The van der Waals surface area contributed by atoms with Crippen LogP contribution >= 0.6 is 0 Å². The first kappa shape index (κ1) is 17.4. The highest BCUT2D eigenvalue weighted by atomic mass is 16.2. The topological polar surface area (TPSA) is 87.3 Å². The van der Waals surface area contributed by atoms with Crippen LogP contribution in [0.2, 0.25) is 0 Å². The van der Waals surface area contributed by atoms with Gasteiger partial charge in [0.1, 0.15) is 0 Å². The quantitative estimate of drug-likeness (QED) is 0.725. The number of nitrogens with one attached hydrogen (secondary N) is 3. The number of hydrogen-bond acceptors (Lipinski definition) is 3. The van der Waals surface area contributed by atoms with Crippen LogP contribution in [-0.4, -0.2) is 24.3 Å². The third-order valence-electron chi connectivity index (χ3n) is 4.15. The molecule has 0 radical (unpaired) electrons. The predicted octanol–water partition coefficient (Wildman–Crippen LogP) is 2.67. The zero-order chi connectivity index (χ0) is 18.5. The van der Waals surface area contributed by atoms with E-state index in [2.05, 4.69) is 22.5 Å². The van der Waals surface area contributed by atoms with Gasteiger partial charge in [0.25, 0.3) is 5.91 Å². The lowest BCUT2D eigenvalue weighted by atomic mass is 9.89. The van der Waals surface area contributed by atoms with Crippen LogP contribution in [0, 0.1) is 0 Å². The second-order valence-corrected chi connectivity index (χ2v) is 5.93. The minimum absolute atomic E-state index is 0.0632. The third-order valence-corrected chi connectivity index (χ3v) is 4.15. The molecule has 1 aliphatic heterocycles. The number of carbonyl (C=O) groups is 3. The molecule has 0 saturated carbocycles. The molecule has 0 saturated heterocycles. The minimum Gasteiger partial charge on any atom is -0.349 e. The Morgan fingerprint density at radius 2 is 1.88 bits per heavy atom. The van der Waals surface area contributed by atoms with Crippen LogP contribution in [0.3, 0.4) is 0 Å². The maximum Gasteiger partial charge on any atom is 0.253 e. The lowest BCUT2D eigenvalue weighted by Crippen LogP contribution is -2.31. The summed E-state index contributed by atoms with van der Waals surface area (Å²) < 4.78 is 0. The normalized spacial score (nSPS) is 15.4. The van der Waals surface area contributed by atoms with E-state index in [4.69, 9.17) is 0 Å². The first-order valence-corrected chi connectivity index (χ1v) is 8.28. The summed E-state index contributed by atoms with van der Waals surface area (Å²) in [6.45, 7) is 3.90. The Bertz CT molecular complexity index is 876. The number of anilines is 2. The van der Waals surface area contributed by atoms with Gasteiger partial charge < -0.3 is 16.0 Å². The maximum absolute atomic E-state index is 12.8. The van der Waals surface area contributed by atoms with Crippen molar-refractivity contribution in [1.29, 1.82) is 0 Å². The largest absolute Gasteiger partial charge is 0.349 e. The third kappa shape index (κ3) is 3.64. The molecular weight excluding hydrogens is 330 g/mol. The van der Waals surface area contributed by atoms with Crippen molar-refractivity contribution in [2.75, 3.05) is 17.2 Å². The van der Waals surface area contributed by atoms with Gasteiger partial charge in [-0.1, -0.05) is 36.4 Å². The number of benzene rings is 2. The van der Waals surface area contributed by atoms with Gasteiger partial charge in [0.15, 0.2) is 0 Å². The van der Waals surface area contributed by atoms with E-state index in [0.717, 1.165) is 5.56 Å². The molecule has 2 aromatic rings. The maximum atomic E-state index is 12.8. The van der Waals surface area contributed by atoms with Crippen molar-refractivity contribution >= 4 is 29.1 Å². The summed E-state index contributed by atoms with van der Waals surface area (Å²) in [5.41, 5.74) is 2.16. The number of amides is 3. The molecule has 0 aromatic heterocycles. The van der Waals surface area contributed by atoms with Gasteiger partial charge in [-0.25, -0.2) is 0 Å². The Kier molecular flexibility index (Phi) is 5.12. The van der Waals surface area contributed by atoms with Crippen LogP contribution in [0.15, 0.2) is 61.2 Å². The van der Waals surface area contributed by atoms with Crippen LogP contribution in [0.4, 0.5) is 11.4 Å². The van der Waals surface area contributed by atoms with Crippen molar-refractivity contribution in [2.45, 2.75) is 12.3 Å². The van der Waals surface area contributed by atoms with Gasteiger partial charge in [-0.3, -0.25) is 14.4 Å². The van der Waals surface area contributed by atoms with E-state index in [-0.39, 0.29) is 24.1 Å². The molecule has 1 heterocycles. The summed E-state index contributed by atoms with van der Waals surface area (Å²) in [6.07, 6.45) is 1.64. The molecule has 0 fully saturated rings. The van der Waals surface area contributed by atoms with Crippen molar-refractivity contribution in [1.82, 2.24) is 5.32 Å². The summed E-state index contributed by atoms with van der Waals surface area (Å²) in [5, 5.41) is 8.25. The smallest absolute Gasteiger partial charge is 0.253 e. The zero-order valence-electron chi connectivity index (χ0n) is 14.1. The second-order valence-electron chi connectivity index (χ2n) is 5.93. The number of carbonyl (C=O) groups excluding carboxylic acids is 3. The number of hydrogen-bond donors (Lipinski definition) is 3. The molecule has 3 N–H and O–H groups in total.